The second-order valence-corrected chi connectivity index (χ2v) is 3.90. The minimum atomic E-state index is -0.455. The number of aromatic amines is 2. The summed E-state index contributed by atoms with van der Waals surface area (Å²) in [6.07, 6.45) is 1.49. The van der Waals surface area contributed by atoms with E-state index in [1.807, 2.05) is 4.90 Å². The zero-order valence-electron chi connectivity index (χ0n) is 8.67. The van der Waals surface area contributed by atoms with Gasteiger partial charge in [-0.05, 0) is 0 Å². The molecule has 1 aromatic rings. The Morgan fingerprint density at radius 1 is 1.33 bits per heavy atom. The average molecular weight is 211 g/mol. The molecule has 2 heterocycles. The third-order valence-electron chi connectivity index (χ3n) is 2.76. The van der Waals surface area contributed by atoms with Gasteiger partial charge in [0.1, 0.15) is 5.69 Å². The Morgan fingerprint density at radius 2 is 2.00 bits per heavy atom. The molecule has 0 aromatic carbocycles. The summed E-state index contributed by atoms with van der Waals surface area (Å²) in [4.78, 5) is 30.5. The molecule has 6 nitrogen and oxygen atoms in total. The highest BCUT2D eigenvalue weighted by Gasteiger charge is 2.18. The van der Waals surface area contributed by atoms with Crippen LogP contribution in [0.15, 0.2) is 15.8 Å². The number of nitrogens with one attached hydrogen (secondary N) is 3. The molecule has 6 heteroatoms. The van der Waals surface area contributed by atoms with Crippen molar-refractivity contribution in [3.8, 4) is 0 Å². The third kappa shape index (κ3) is 2.10. The van der Waals surface area contributed by atoms with E-state index in [0.29, 0.717) is 5.69 Å². The Bertz CT molecular complexity index is 442. The van der Waals surface area contributed by atoms with E-state index < -0.39 is 5.69 Å². The summed E-state index contributed by atoms with van der Waals surface area (Å²) in [7, 11) is 2.13. The molecule has 0 bridgehead atoms. The molecule has 1 saturated heterocycles. The minimum Gasteiger partial charge on any atom is -0.355 e. The second-order valence-electron chi connectivity index (χ2n) is 3.90. The molecule has 1 aromatic heterocycles. The Balaban J connectivity index is 2.23. The molecule has 0 unspecified atom stereocenters. The second kappa shape index (κ2) is 3.90. The van der Waals surface area contributed by atoms with Gasteiger partial charge in [-0.25, -0.2) is 4.79 Å². The SMILES string of the molecule is C[NH+]1CCN(c2c[nH]c(=O)[nH]c2=O)CC1. The summed E-state index contributed by atoms with van der Waals surface area (Å²) in [6.45, 7) is 3.72. The lowest BCUT2D eigenvalue weighted by Crippen LogP contribution is -3.12. The van der Waals surface area contributed by atoms with Gasteiger partial charge < -0.3 is 14.8 Å². The van der Waals surface area contributed by atoms with E-state index in [1.165, 1.54) is 11.1 Å². The maximum absolute atomic E-state index is 11.5. The lowest BCUT2D eigenvalue weighted by Gasteiger charge is -2.30. The van der Waals surface area contributed by atoms with Gasteiger partial charge in [0.2, 0.25) is 0 Å². The summed E-state index contributed by atoms with van der Waals surface area (Å²) in [5.41, 5.74) is -0.205. The van der Waals surface area contributed by atoms with Crippen molar-refractivity contribution in [3.05, 3.63) is 27.0 Å². The number of anilines is 1. The average Bonchev–Trinajstić information content (AvgIpc) is 2.20. The highest BCUT2D eigenvalue weighted by atomic mass is 16.2. The van der Waals surface area contributed by atoms with Crippen molar-refractivity contribution < 1.29 is 4.90 Å². The first-order valence-electron chi connectivity index (χ1n) is 5.05. The topological polar surface area (TPSA) is 73.4 Å². The molecule has 15 heavy (non-hydrogen) atoms. The molecule has 0 radical (unpaired) electrons. The van der Waals surface area contributed by atoms with Crippen LogP contribution in [0.5, 0.6) is 0 Å². The van der Waals surface area contributed by atoms with Gasteiger partial charge >= 0.3 is 5.69 Å². The van der Waals surface area contributed by atoms with Crippen LogP contribution in [-0.4, -0.2) is 43.2 Å². The van der Waals surface area contributed by atoms with E-state index in [9.17, 15) is 9.59 Å². The third-order valence-corrected chi connectivity index (χ3v) is 2.76. The van der Waals surface area contributed by atoms with Gasteiger partial charge in [0.25, 0.3) is 5.56 Å². The van der Waals surface area contributed by atoms with E-state index >= 15 is 0 Å². The molecule has 1 aliphatic rings. The standard InChI is InChI=1S/C9H14N4O2/c1-12-2-4-13(5-3-12)7-6-10-9(15)11-8(7)14/h6H,2-5H2,1H3,(H2,10,11,14,15)/p+1. The summed E-state index contributed by atoms with van der Waals surface area (Å²) < 4.78 is 0. The molecule has 1 aliphatic heterocycles. The van der Waals surface area contributed by atoms with Gasteiger partial charge in [-0.15, -0.1) is 0 Å². The van der Waals surface area contributed by atoms with Crippen molar-refractivity contribution in [2.24, 2.45) is 0 Å². The van der Waals surface area contributed by atoms with E-state index in [-0.39, 0.29) is 5.56 Å². The fourth-order valence-electron chi connectivity index (χ4n) is 1.77. The normalized spacial score (nSPS) is 18.1. The molecule has 0 aliphatic carbocycles. The maximum Gasteiger partial charge on any atom is 0.325 e. The lowest BCUT2D eigenvalue weighted by molar-refractivity contribution is -0.880. The van der Waals surface area contributed by atoms with Gasteiger partial charge in [0, 0.05) is 6.20 Å². The first-order chi connectivity index (χ1) is 7.16. The Kier molecular flexibility index (Phi) is 2.59. The first kappa shape index (κ1) is 9.97. The van der Waals surface area contributed by atoms with Crippen LogP contribution in [0.2, 0.25) is 0 Å². The fourth-order valence-corrected chi connectivity index (χ4v) is 1.77. The van der Waals surface area contributed by atoms with Crippen molar-refractivity contribution in [2.45, 2.75) is 0 Å². The molecule has 1 fully saturated rings. The van der Waals surface area contributed by atoms with Crippen molar-refractivity contribution >= 4 is 5.69 Å². The molecule has 0 atom stereocenters. The van der Waals surface area contributed by atoms with Crippen molar-refractivity contribution in [3.63, 3.8) is 0 Å². The van der Waals surface area contributed by atoms with Gasteiger partial charge in [0.05, 0.1) is 33.2 Å². The van der Waals surface area contributed by atoms with Crippen LogP contribution in [0.1, 0.15) is 0 Å². The van der Waals surface area contributed by atoms with Gasteiger partial charge in [0.15, 0.2) is 0 Å². The largest absolute Gasteiger partial charge is 0.355 e. The Hall–Kier alpha value is -1.56. The minimum absolute atomic E-state index is 0.307. The zero-order chi connectivity index (χ0) is 10.8. The Labute approximate surface area is 86.5 Å². The van der Waals surface area contributed by atoms with Gasteiger partial charge in [-0.2, -0.15) is 0 Å². The number of likely N-dealkylation sites (N-methyl/N-ethyl adjacent to an activating group) is 1. The van der Waals surface area contributed by atoms with Crippen LogP contribution in [0.25, 0.3) is 0 Å². The number of H-pyrrole nitrogens is 2. The lowest BCUT2D eigenvalue weighted by atomic mass is 10.3. The molecular weight excluding hydrogens is 196 g/mol. The summed E-state index contributed by atoms with van der Waals surface area (Å²) >= 11 is 0. The highest BCUT2D eigenvalue weighted by Crippen LogP contribution is 2.03. The monoisotopic (exact) mass is 211 g/mol. The predicted molar refractivity (Wildman–Crippen MR) is 56.5 cm³/mol. The summed E-state index contributed by atoms with van der Waals surface area (Å²) in [6, 6.07) is 0. The molecular formula is C9H15N4O2+. The smallest absolute Gasteiger partial charge is 0.325 e. The Morgan fingerprint density at radius 3 is 2.60 bits per heavy atom. The highest BCUT2D eigenvalue weighted by molar-refractivity contribution is 5.41. The van der Waals surface area contributed by atoms with Crippen molar-refractivity contribution in [1.82, 2.24) is 9.97 Å². The van der Waals surface area contributed by atoms with E-state index in [1.54, 1.807) is 0 Å². The van der Waals surface area contributed by atoms with E-state index in [2.05, 4.69) is 17.0 Å². The molecule has 0 amide bonds. The quantitative estimate of drug-likeness (QED) is 0.477. The number of rotatable bonds is 1. The van der Waals surface area contributed by atoms with Crippen LogP contribution < -0.4 is 21.0 Å². The molecule has 3 N–H and O–H groups in total. The first-order valence-corrected chi connectivity index (χ1v) is 5.05. The van der Waals surface area contributed by atoms with Gasteiger partial charge in [-0.3, -0.25) is 9.78 Å². The van der Waals surface area contributed by atoms with Crippen molar-refractivity contribution in [1.29, 1.82) is 0 Å². The number of quaternary nitrogens is 1. The zero-order valence-corrected chi connectivity index (χ0v) is 8.67. The van der Waals surface area contributed by atoms with Gasteiger partial charge in [-0.1, -0.05) is 0 Å². The fraction of sp³-hybridized carbons (Fsp3) is 0.556. The molecule has 82 valence electrons. The van der Waals surface area contributed by atoms with E-state index in [4.69, 9.17) is 0 Å². The number of hydrogen-bond acceptors (Lipinski definition) is 3. The van der Waals surface area contributed by atoms with Crippen LogP contribution in [0, 0.1) is 0 Å². The number of aromatic nitrogens is 2. The van der Waals surface area contributed by atoms with Crippen molar-refractivity contribution in [2.75, 3.05) is 38.1 Å². The summed E-state index contributed by atoms with van der Waals surface area (Å²) in [5.74, 6) is 0. The molecule has 0 saturated carbocycles. The molecule has 0 spiro atoms. The number of piperazine rings is 1. The van der Waals surface area contributed by atoms with Crippen LogP contribution >= 0.6 is 0 Å². The number of nitrogens with zero attached hydrogens (tertiary/aromatic N) is 1. The van der Waals surface area contributed by atoms with Crippen LogP contribution in [0.4, 0.5) is 5.69 Å². The maximum atomic E-state index is 11.5. The number of hydrogen-bond donors (Lipinski definition) is 3. The molecule has 2 rings (SSSR count). The predicted octanol–water partition coefficient (Wildman–Crippen LogP) is -2.60. The van der Waals surface area contributed by atoms with E-state index in [0.717, 1.165) is 26.2 Å². The van der Waals surface area contributed by atoms with Crippen LogP contribution in [0.3, 0.4) is 0 Å². The van der Waals surface area contributed by atoms with Crippen LogP contribution in [-0.2, 0) is 0 Å². The summed E-state index contributed by atoms with van der Waals surface area (Å²) in [5, 5.41) is 0.